The van der Waals surface area contributed by atoms with Crippen LogP contribution in [0.4, 0.5) is 23.7 Å². The van der Waals surface area contributed by atoms with Crippen molar-refractivity contribution in [2.45, 2.75) is 25.2 Å². The summed E-state index contributed by atoms with van der Waals surface area (Å²) in [5.74, 6) is -1.36. The number of imide groups is 1. The first-order valence-electron chi connectivity index (χ1n) is 5.56. The number of carbonyl (C=O) groups is 2. The number of rotatable bonds is 2. The molecule has 0 radical (unpaired) electrons. The van der Waals surface area contributed by atoms with Gasteiger partial charge in [-0.05, 0) is 19.1 Å². The number of nitrogens with zero attached hydrogens (tertiary/aromatic N) is 2. The average molecular weight is 288 g/mol. The van der Waals surface area contributed by atoms with Gasteiger partial charge in [0.25, 0.3) is 5.91 Å². The predicted molar refractivity (Wildman–Crippen MR) is 62.2 cm³/mol. The van der Waals surface area contributed by atoms with Crippen LogP contribution in [0.15, 0.2) is 18.3 Å². The molecule has 1 unspecified atom stereocenters. The first-order chi connectivity index (χ1) is 9.15. The molecule has 0 spiro atoms. The van der Waals surface area contributed by atoms with Gasteiger partial charge in [-0.25, -0.2) is 4.79 Å². The molecule has 0 aromatic carbocycles. The maximum absolute atomic E-state index is 12.8. The lowest BCUT2D eigenvalue weighted by Crippen LogP contribution is -2.56. The Kier molecular flexibility index (Phi) is 3.07. The van der Waals surface area contributed by atoms with Gasteiger partial charge in [0.2, 0.25) is 5.54 Å². The molecular formula is C11H11F3N4O2. The summed E-state index contributed by atoms with van der Waals surface area (Å²) < 4.78 is 38.5. The van der Waals surface area contributed by atoms with Crippen LogP contribution < -0.4 is 11.1 Å². The molecule has 1 saturated heterocycles. The van der Waals surface area contributed by atoms with Crippen molar-refractivity contribution in [1.29, 1.82) is 0 Å². The van der Waals surface area contributed by atoms with Crippen molar-refractivity contribution in [2.75, 3.05) is 5.73 Å². The van der Waals surface area contributed by atoms with E-state index in [9.17, 15) is 22.8 Å². The van der Waals surface area contributed by atoms with E-state index < -0.39 is 23.7 Å². The molecule has 1 aliphatic rings. The van der Waals surface area contributed by atoms with E-state index in [-0.39, 0.29) is 12.2 Å². The van der Waals surface area contributed by atoms with Crippen LogP contribution in [0.2, 0.25) is 0 Å². The van der Waals surface area contributed by atoms with Gasteiger partial charge in [0.1, 0.15) is 0 Å². The summed E-state index contributed by atoms with van der Waals surface area (Å²) in [5, 5.41) is 1.66. The van der Waals surface area contributed by atoms with Crippen LogP contribution in [0, 0.1) is 0 Å². The summed E-state index contributed by atoms with van der Waals surface area (Å²) >= 11 is 0. The minimum absolute atomic E-state index is 0.222. The number of urea groups is 1. The molecule has 3 amide bonds. The fourth-order valence-corrected chi connectivity index (χ4v) is 1.78. The summed E-state index contributed by atoms with van der Waals surface area (Å²) in [7, 11) is 0. The highest BCUT2D eigenvalue weighted by atomic mass is 19.4. The summed E-state index contributed by atoms with van der Waals surface area (Å²) in [6.45, 7) is 0.251. The van der Waals surface area contributed by atoms with Crippen molar-refractivity contribution in [3.63, 3.8) is 0 Å². The number of alkyl halides is 3. The summed E-state index contributed by atoms with van der Waals surface area (Å²) in [6.07, 6.45) is -3.54. The molecule has 3 N–H and O–H groups in total. The quantitative estimate of drug-likeness (QED) is 0.796. The largest absolute Gasteiger partial charge is 0.420 e. The Morgan fingerprint density at radius 3 is 2.60 bits per heavy atom. The molecule has 1 fully saturated rings. The lowest BCUT2D eigenvalue weighted by molar-refractivity contribution is -0.191. The zero-order valence-corrected chi connectivity index (χ0v) is 10.4. The summed E-state index contributed by atoms with van der Waals surface area (Å²) in [5.41, 5.74) is 3.14. The first kappa shape index (κ1) is 14.1. The molecule has 1 aromatic heterocycles. The molecule has 1 aromatic rings. The Morgan fingerprint density at radius 2 is 2.10 bits per heavy atom. The number of nitrogens with two attached hydrogens (primary N) is 1. The number of nitrogens with one attached hydrogen (secondary N) is 1. The van der Waals surface area contributed by atoms with Gasteiger partial charge in [-0.2, -0.15) is 13.2 Å². The van der Waals surface area contributed by atoms with Crippen LogP contribution in [-0.2, 0) is 11.3 Å². The van der Waals surface area contributed by atoms with Crippen molar-refractivity contribution in [3.8, 4) is 0 Å². The van der Waals surface area contributed by atoms with Gasteiger partial charge >= 0.3 is 12.2 Å². The second-order valence-electron chi connectivity index (χ2n) is 4.52. The number of hydrogen-bond donors (Lipinski definition) is 2. The highest BCUT2D eigenvalue weighted by molar-refractivity contribution is 6.07. The van der Waals surface area contributed by atoms with Crippen LogP contribution in [0.25, 0.3) is 0 Å². The van der Waals surface area contributed by atoms with E-state index in [1.807, 2.05) is 0 Å². The lowest BCUT2D eigenvalue weighted by Gasteiger charge is -2.24. The third kappa shape index (κ3) is 2.15. The third-order valence-corrected chi connectivity index (χ3v) is 3.00. The van der Waals surface area contributed by atoms with Crippen LogP contribution in [0.3, 0.4) is 0 Å². The lowest BCUT2D eigenvalue weighted by atomic mass is 10.0. The van der Waals surface area contributed by atoms with E-state index in [0.29, 0.717) is 17.5 Å². The number of amides is 3. The summed E-state index contributed by atoms with van der Waals surface area (Å²) in [6, 6.07) is 1.75. The zero-order chi connectivity index (χ0) is 15.1. The van der Waals surface area contributed by atoms with Crippen molar-refractivity contribution in [3.05, 3.63) is 24.0 Å². The Labute approximate surface area is 111 Å². The van der Waals surface area contributed by atoms with Crippen LogP contribution in [0.5, 0.6) is 0 Å². The Hall–Kier alpha value is -2.32. The molecule has 108 valence electrons. The van der Waals surface area contributed by atoms with E-state index in [4.69, 9.17) is 5.73 Å². The number of halogens is 3. The molecule has 20 heavy (non-hydrogen) atoms. The zero-order valence-electron chi connectivity index (χ0n) is 10.4. The monoisotopic (exact) mass is 288 g/mol. The van der Waals surface area contributed by atoms with Crippen molar-refractivity contribution < 1.29 is 22.8 Å². The Bertz CT molecular complexity index is 575. The molecule has 0 bridgehead atoms. The van der Waals surface area contributed by atoms with Gasteiger partial charge in [0.05, 0.1) is 12.2 Å². The number of pyridine rings is 1. The molecule has 0 aliphatic carbocycles. The molecule has 2 rings (SSSR count). The fourth-order valence-electron chi connectivity index (χ4n) is 1.78. The van der Waals surface area contributed by atoms with Gasteiger partial charge in [-0.3, -0.25) is 14.7 Å². The Balaban J connectivity index is 2.26. The van der Waals surface area contributed by atoms with Crippen LogP contribution >= 0.6 is 0 Å². The average Bonchev–Trinajstić information content (AvgIpc) is 2.53. The molecular weight excluding hydrogens is 277 g/mol. The number of anilines is 1. The highest BCUT2D eigenvalue weighted by Crippen LogP contribution is 2.35. The van der Waals surface area contributed by atoms with Gasteiger partial charge in [-0.1, -0.05) is 0 Å². The Morgan fingerprint density at radius 1 is 1.45 bits per heavy atom. The second-order valence-corrected chi connectivity index (χ2v) is 4.52. The topological polar surface area (TPSA) is 88.3 Å². The smallest absolute Gasteiger partial charge is 0.399 e. The van der Waals surface area contributed by atoms with Crippen LogP contribution in [0.1, 0.15) is 12.6 Å². The van der Waals surface area contributed by atoms with E-state index in [0.717, 1.165) is 0 Å². The van der Waals surface area contributed by atoms with Gasteiger partial charge in [-0.15, -0.1) is 0 Å². The summed E-state index contributed by atoms with van der Waals surface area (Å²) in [4.78, 5) is 27.7. The maximum Gasteiger partial charge on any atom is 0.420 e. The van der Waals surface area contributed by atoms with E-state index in [1.54, 1.807) is 5.32 Å². The number of aromatic nitrogens is 1. The minimum atomic E-state index is -4.88. The first-order valence-corrected chi connectivity index (χ1v) is 5.56. The molecule has 6 nitrogen and oxygen atoms in total. The second kappa shape index (κ2) is 4.36. The molecule has 2 heterocycles. The standard InChI is InChI=1S/C11H11F3N4O2/c1-10(11(12,13)14)8(19)18(9(20)17-10)5-7-4-6(15)2-3-16-7/h2-4H,5H2,1H3,(H2,15,16)(H,17,20). The van der Waals surface area contributed by atoms with Gasteiger partial charge in [0, 0.05) is 11.9 Å². The molecule has 1 atom stereocenters. The van der Waals surface area contributed by atoms with Crippen molar-refractivity contribution >= 4 is 17.6 Å². The highest BCUT2D eigenvalue weighted by Gasteiger charge is 2.64. The third-order valence-electron chi connectivity index (χ3n) is 3.00. The van der Waals surface area contributed by atoms with E-state index in [1.165, 1.54) is 18.3 Å². The van der Waals surface area contributed by atoms with E-state index in [2.05, 4.69) is 4.98 Å². The SMILES string of the molecule is CC1(C(F)(F)F)NC(=O)N(Cc2cc(N)ccn2)C1=O. The normalized spacial score (nSPS) is 23.1. The number of nitrogen functional groups attached to an aromatic ring is 1. The van der Waals surface area contributed by atoms with Gasteiger partial charge < -0.3 is 11.1 Å². The molecule has 1 aliphatic heterocycles. The van der Waals surface area contributed by atoms with Crippen molar-refractivity contribution in [2.24, 2.45) is 0 Å². The molecule has 0 saturated carbocycles. The number of hydrogen-bond acceptors (Lipinski definition) is 4. The van der Waals surface area contributed by atoms with E-state index >= 15 is 0 Å². The maximum atomic E-state index is 12.8. The van der Waals surface area contributed by atoms with Crippen molar-refractivity contribution in [1.82, 2.24) is 15.2 Å². The van der Waals surface area contributed by atoms with Gasteiger partial charge in [0.15, 0.2) is 0 Å². The van der Waals surface area contributed by atoms with Crippen LogP contribution in [-0.4, -0.2) is 33.5 Å². The predicted octanol–water partition coefficient (Wildman–Crippen LogP) is 1.04. The number of carbonyl (C=O) groups excluding carboxylic acids is 2. The minimum Gasteiger partial charge on any atom is -0.399 e. The fraction of sp³-hybridized carbons (Fsp3) is 0.364. The molecule has 9 heteroatoms.